The van der Waals surface area contributed by atoms with Crippen molar-refractivity contribution >= 4 is 33.4 Å². The molecule has 3 rings (SSSR count). The lowest BCUT2D eigenvalue weighted by Gasteiger charge is -2.31. The molecule has 1 fully saturated rings. The van der Waals surface area contributed by atoms with Gasteiger partial charge in [0, 0.05) is 25.3 Å². The fourth-order valence-electron chi connectivity index (χ4n) is 3.46. The van der Waals surface area contributed by atoms with Crippen molar-refractivity contribution in [3.63, 3.8) is 0 Å². The van der Waals surface area contributed by atoms with Crippen LogP contribution in [-0.4, -0.2) is 44.8 Å². The fourth-order valence-corrected chi connectivity index (χ4v) is 4.25. The van der Waals surface area contributed by atoms with Crippen molar-refractivity contribution in [2.24, 2.45) is 11.1 Å². The van der Waals surface area contributed by atoms with Gasteiger partial charge < -0.3 is 10.2 Å². The van der Waals surface area contributed by atoms with Crippen LogP contribution in [0, 0.1) is 5.92 Å². The van der Waals surface area contributed by atoms with Gasteiger partial charge in [-0.15, -0.1) is 0 Å². The van der Waals surface area contributed by atoms with Gasteiger partial charge in [-0.3, -0.25) is 13.9 Å². The van der Waals surface area contributed by atoms with E-state index in [0.717, 1.165) is 16.3 Å². The van der Waals surface area contributed by atoms with Gasteiger partial charge in [0.15, 0.2) is 0 Å². The van der Waals surface area contributed by atoms with Crippen LogP contribution in [0.4, 0.5) is 11.4 Å². The Morgan fingerprint density at radius 3 is 2.77 bits per heavy atom. The number of nitrogens with zero attached hydrogens (tertiary/aromatic N) is 2. The maximum atomic E-state index is 12.6. The van der Waals surface area contributed by atoms with Crippen LogP contribution in [-0.2, 0) is 26.2 Å². The summed E-state index contributed by atoms with van der Waals surface area (Å²) in [6.45, 7) is 4.75. The van der Waals surface area contributed by atoms with E-state index in [9.17, 15) is 18.0 Å². The smallest absolute Gasteiger partial charge is 0.299 e. The van der Waals surface area contributed by atoms with E-state index in [2.05, 4.69) is 11.9 Å². The Morgan fingerprint density at radius 1 is 1.31 bits per heavy atom. The van der Waals surface area contributed by atoms with Gasteiger partial charge in [-0.05, 0) is 43.0 Å². The van der Waals surface area contributed by atoms with Gasteiger partial charge in [0.25, 0.3) is 10.2 Å². The Hall–Kier alpha value is -2.39. The molecule has 1 unspecified atom stereocenters. The third-order valence-corrected chi connectivity index (χ3v) is 5.79. The quantitative estimate of drug-likeness (QED) is 0.748. The van der Waals surface area contributed by atoms with Crippen LogP contribution in [0.1, 0.15) is 18.4 Å². The monoisotopic (exact) mass is 378 g/mol. The first-order chi connectivity index (χ1) is 12.3. The van der Waals surface area contributed by atoms with E-state index >= 15 is 0 Å². The molecule has 0 aliphatic carbocycles. The number of fused-ring (bicyclic) bond motifs is 1. The van der Waals surface area contributed by atoms with E-state index in [-0.39, 0.29) is 17.7 Å². The molecular formula is C17H22N4O4S. The molecule has 140 valence electrons. The summed E-state index contributed by atoms with van der Waals surface area (Å²) in [5.41, 5.74) is 1.88. The van der Waals surface area contributed by atoms with Crippen molar-refractivity contribution < 1.29 is 18.0 Å². The minimum absolute atomic E-state index is 0.177. The standard InChI is InChI=1S/C17H22N4O4S/c1-2-16(22)20-8-3-4-13(11-20)17(23)19-14-6-5-12-7-9-21(15(12)10-14)26(18,24)25/h2,5-6,10,13H,1,3-4,7-9,11H2,(H,19,23)(H2,18,24,25). The number of carbonyl (C=O) groups is 2. The summed E-state index contributed by atoms with van der Waals surface area (Å²) in [6, 6.07) is 5.17. The van der Waals surface area contributed by atoms with E-state index in [4.69, 9.17) is 5.14 Å². The summed E-state index contributed by atoms with van der Waals surface area (Å²) >= 11 is 0. The second kappa shape index (κ2) is 7.08. The molecule has 9 heteroatoms. The molecule has 1 saturated heterocycles. The largest absolute Gasteiger partial charge is 0.338 e. The number of likely N-dealkylation sites (tertiary alicyclic amines) is 1. The van der Waals surface area contributed by atoms with Gasteiger partial charge in [-0.25, -0.2) is 5.14 Å². The van der Waals surface area contributed by atoms with Crippen molar-refractivity contribution in [1.82, 2.24) is 4.90 Å². The number of rotatable bonds is 4. The van der Waals surface area contributed by atoms with Gasteiger partial charge in [-0.2, -0.15) is 8.42 Å². The maximum absolute atomic E-state index is 12.6. The van der Waals surface area contributed by atoms with Crippen molar-refractivity contribution in [1.29, 1.82) is 0 Å². The molecule has 1 aromatic carbocycles. The number of anilines is 2. The zero-order valence-corrected chi connectivity index (χ0v) is 15.2. The average Bonchev–Trinajstić information content (AvgIpc) is 3.04. The molecule has 0 spiro atoms. The van der Waals surface area contributed by atoms with Crippen molar-refractivity contribution in [3.8, 4) is 0 Å². The molecular weight excluding hydrogens is 356 g/mol. The lowest BCUT2D eigenvalue weighted by molar-refractivity contribution is -0.130. The number of amides is 2. The second-order valence-corrected chi connectivity index (χ2v) is 8.00. The van der Waals surface area contributed by atoms with Gasteiger partial charge in [0.1, 0.15) is 0 Å². The molecule has 0 saturated carbocycles. The molecule has 0 bridgehead atoms. The highest BCUT2D eigenvalue weighted by atomic mass is 32.2. The molecule has 1 atom stereocenters. The highest BCUT2D eigenvalue weighted by molar-refractivity contribution is 7.90. The highest BCUT2D eigenvalue weighted by Crippen LogP contribution is 2.32. The van der Waals surface area contributed by atoms with Gasteiger partial charge in [0.05, 0.1) is 11.6 Å². The molecule has 26 heavy (non-hydrogen) atoms. The molecule has 2 aliphatic rings. The number of nitrogens with one attached hydrogen (secondary N) is 1. The number of hydrogen-bond acceptors (Lipinski definition) is 4. The minimum Gasteiger partial charge on any atom is -0.338 e. The Morgan fingerprint density at radius 2 is 2.08 bits per heavy atom. The zero-order valence-electron chi connectivity index (χ0n) is 14.3. The molecule has 0 radical (unpaired) electrons. The fraction of sp³-hybridized carbons (Fsp3) is 0.412. The highest BCUT2D eigenvalue weighted by Gasteiger charge is 2.29. The third kappa shape index (κ3) is 3.73. The molecule has 1 aromatic rings. The van der Waals surface area contributed by atoms with Gasteiger partial charge in [0.2, 0.25) is 11.8 Å². The van der Waals surface area contributed by atoms with E-state index in [0.29, 0.717) is 43.9 Å². The minimum atomic E-state index is -3.83. The molecule has 3 N–H and O–H groups in total. The predicted octanol–water partition coefficient (Wildman–Crippen LogP) is 0.616. The third-order valence-electron chi connectivity index (χ3n) is 4.79. The Balaban J connectivity index is 1.72. The van der Waals surface area contributed by atoms with Crippen LogP contribution >= 0.6 is 0 Å². The number of nitrogens with two attached hydrogens (primary N) is 1. The summed E-state index contributed by atoms with van der Waals surface area (Å²) in [5, 5.41) is 8.07. The summed E-state index contributed by atoms with van der Waals surface area (Å²) in [7, 11) is -3.83. The van der Waals surface area contributed by atoms with Crippen molar-refractivity contribution in [3.05, 3.63) is 36.4 Å². The number of hydrogen-bond donors (Lipinski definition) is 2. The summed E-state index contributed by atoms with van der Waals surface area (Å²) in [6.07, 6.45) is 3.28. The lowest BCUT2D eigenvalue weighted by Crippen LogP contribution is -2.43. The maximum Gasteiger partial charge on any atom is 0.299 e. The second-order valence-electron chi connectivity index (χ2n) is 6.53. The molecule has 2 amide bonds. The van der Waals surface area contributed by atoms with Gasteiger partial charge >= 0.3 is 0 Å². The molecule has 2 aliphatic heterocycles. The Kier molecular flexibility index (Phi) is 5.01. The number of piperidine rings is 1. The molecule has 0 aromatic heterocycles. The van der Waals surface area contributed by atoms with Crippen LogP contribution < -0.4 is 14.8 Å². The SMILES string of the molecule is C=CC(=O)N1CCCC(C(=O)Nc2ccc3c(c2)N(S(N)(=O)=O)CC3)C1. The summed E-state index contributed by atoms with van der Waals surface area (Å²) in [5.74, 6) is -0.675. The van der Waals surface area contributed by atoms with Crippen LogP contribution in [0.5, 0.6) is 0 Å². The van der Waals surface area contributed by atoms with Gasteiger partial charge in [-0.1, -0.05) is 12.6 Å². The van der Waals surface area contributed by atoms with E-state index in [1.165, 1.54) is 6.08 Å². The lowest BCUT2D eigenvalue weighted by atomic mass is 9.97. The molecule has 8 nitrogen and oxygen atoms in total. The first-order valence-corrected chi connectivity index (χ1v) is 9.95. The summed E-state index contributed by atoms with van der Waals surface area (Å²) < 4.78 is 24.5. The van der Waals surface area contributed by atoms with Crippen LogP contribution in [0.2, 0.25) is 0 Å². The molecule has 2 heterocycles. The Bertz CT molecular complexity index is 852. The average molecular weight is 378 g/mol. The topological polar surface area (TPSA) is 113 Å². The van der Waals surface area contributed by atoms with Crippen molar-refractivity contribution in [2.75, 3.05) is 29.3 Å². The number of carbonyl (C=O) groups excluding carboxylic acids is 2. The zero-order chi connectivity index (χ0) is 18.9. The first-order valence-electron chi connectivity index (χ1n) is 8.45. The predicted molar refractivity (Wildman–Crippen MR) is 98.7 cm³/mol. The van der Waals surface area contributed by atoms with Crippen molar-refractivity contribution in [2.45, 2.75) is 19.3 Å². The first kappa shape index (κ1) is 18.4. The number of benzene rings is 1. The summed E-state index contributed by atoms with van der Waals surface area (Å²) in [4.78, 5) is 25.9. The normalized spacial score (nSPS) is 19.8. The van der Waals surface area contributed by atoms with Crippen LogP contribution in [0.3, 0.4) is 0 Å². The Labute approximate surface area is 152 Å². The van der Waals surface area contributed by atoms with Crippen LogP contribution in [0.25, 0.3) is 0 Å². The van der Waals surface area contributed by atoms with E-state index in [1.54, 1.807) is 23.1 Å². The van der Waals surface area contributed by atoms with Crippen LogP contribution in [0.15, 0.2) is 30.9 Å². The van der Waals surface area contributed by atoms with E-state index < -0.39 is 10.2 Å². The van der Waals surface area contributed by atoms with E-state index in [1.807, 2.05) is 0 Å².